The largest absolute Gasteiger partial charge is 0.493 e. The molecule has 0 heterocycles. The predicted molar refractivity (Wildman–Crippen MR) is 72.0 cm³/mol. The van der Waals surface area contributed by atoms with E-state index in [9.17, 15) is 0 Å². The first-order chi connectivity index (χ1) is 8.12. The summed E-state index contributed by atoms with van der Waals surface area (Å²) < 4.78 is 16.2. The minimum atomic E-state index is -0.322. The highest BCUT2D eigenvalue weighted by Gasteiger charge is 2.11. The van der Waals surface area contributed by atoms with Crippen molar-refractivity contribution in [3.8, 4) is 5.75 Å². The van der Waals surface area contributed by atoms with Gasteiger partial charge in [0.2, 0.25) is 0 Å². The molecular formula is C11H15BrClNO3. The van der Waals surface area contributed by atoms with Gasteiger partial charge >= 0.3 is 0 Å². The standard InChI is InChI=1S/C11H15BrClNO3/c1-15-10(16-2)6-14-9-5-7(13)4-8(12)11(9)17-3/h4-5,10,14H,6H2,1-3H3. The van der Waals surface area contributed by atoms with Crippen molar-refractivity contribution in [2.45, 2.75) is 6.29 Å². The molecule has 0 atom stereocenters. The summed E-state index contributed by atoms with van der Waals surface area (Å²) in [5.41, 5.74) is 0.783. The van der Waals surface area contributed by atoms with Crippen LogP contribution in [0.3, 0.4) is 0 Å². The van der Waals surface area contributed by atoms with Crippen molar-refractivity contribution in [1.29, 1.82) is 0 Å². The van der Waals surface area contributed by atoms with Gasteiger partial charge in [-0.25, -0.2) is 0 Å². The van der Waals surface area contributed by atoms with Gasteiger partial charge in [-0.05, 0) is 28.1 Å². The maximum atomic E-state index is 5.97. The fraction of sp³-hybridized carbons (Fsp3) is 0.455. The zero-order valence-electron chi connectivity index (χ0n) is 9.92. The van der Waals surface area contributed by atoms with E-state index >= 15 is 0 Å². The van der Waals surface area contributed by atoms with E-state index in [1.54, 1.807) is 33.5 Å². The first kappa shape index (κ1) is 14.6. The smallest absolute Gasteiger partial charge is 0.173 e. The predicted octanol–water partition coefficient (Wildman–Crippen LogP) is 3.14. The van der Waals surface area contributed by atoms with E-state index in [0.717, 1.165) is 10.2 Å². The Balaban J connectivity index is 2.82. The van der Waals surface area contributed by atoms with Gasteiger partial charge < -0.3 is 19.5 Å². The summed E-state index contributed by atoms with van der Waals surface area (Å²) in [6, 6.07) is 3.56. The number of benzene rings is 1. The van der Waals surface area contributed by atoms with Crippen molar-refractivity contribution >= 4 is 33.2 Å². The average Bonchev–Trinajstić information content (AvgIpc) is 2.29. The molecule has 4 nitrogen and oxygen atoms in total. The first-order valence-electron chi connectivity index (χ1n) is 4.94. The number of anilines is 1. The van der Waals surface area contributed by atoms with Gasteiger partial charge in [0.1, 0.15) is 0 Å². The van der Waals surface area contributed by atoms with Crippen LogP contribution in [0.25, 0.3) is 0 Å². The first-order valence-corrected chi connectivity index (χ1v) is 6.12. The van der Waals surface area contributed by atoms with Crippen molar-refractivity contribution in [2.24, 2.45) is 0 Å². The third kappa shape index (κ3) is 4.03. The van der Waals surface area contributed by atoms with E-state index in [4.69, 9.17) is 25.8 Å². The zero-order chi connectivity index (χ0) is 12.8. The van der Waals surface area contributed by atoms with E-state index in [1.807, 2.05) is 0 Å². The highest BCUT2D eigenvalue weighted by Crippen LogP contribution is 2.36. The van der Waals surface area contributed by atoms with E-state index in [2.05, 4.69) is 21.2 Å². The minimum Gasteiger partial charge on any atom is -0.493 e. The highest BCUT2D eigenvalue weighted by molar-refractivity contribution is 9.10. The molecule has 1 aromatic rings. The molecular weight excluding hydrogens is 309 g/mol. The van der Waals surface area contributed by atoms with Crippen molar-refractivity contribution in [2.75, 3.05) is 33.2 Å². The summed E-state index contributed by atoms with van der Waals surface area (Å²) in [4.78, 5) is 0. The van der Waals surface area contributed by atoms with Gasteiger partial charge in [0.05, 0.1) is 23.8 Å². The number of halogens is 2. The third-order valence-corrected chi connectivity index (χ3v) is 3.00. The number of nitrogens with one attached hydrogen (secondary N) is 1. The summed E-state index contributed by atoms with van der Waals surface area (Å²) in [5, 5.41) is 3.78. The van der Waals surface area contributed by atoms with Gasteiger partial charge in [-0.3, -0.25) is 0 Å². The molecule has 0 aromatic heterocycles. The monoisotopic (exact) mass is 323 g/mol. The SMILES string of the molecule is COc1c(Br)cc(Cl)cc1NCC(OC)OC. The van der Waals surface area contributed by atoms with Crippen molar-refractivity contribution in [1.82, 2.24) is 0 Å². The van der Waals surface area contributed by atoms with Crippen LogP contribution in [0.5, 0.6) is 5.75 Å². The van der Waals surface area contributed by atoms with Crippen molar-refractivity contribution in [3.63, 3.8) is 0 Å². The topological polar surface area (TPSA) is 39.7 Å². The molecule has 0 spiro atoms. The lowest BCUT2D eigenvalue weighted by Gasteiger charge is -2.17. The summed E-state index contributed by atoms with van der Waals surface area (Å²) in [7, 11) is 4.77. The number of hydrogen-bond donors (Lipinski definition) is 1. The second-order valence-electron chi connectivity index (χ2n) is 3.25. The Kier molecular flexibility index (Phi) is 6.05. The molecule has 1 aromatic carbocycles. The van der Waals surface area contributed by atoms with E-state index in [0.29, 0.717) is 17.3 Å². The Morgan fingerprint density at radius 2 is 1.94 bits per heavy atom. The maximum absolute atomic E-state index is 5.97. The Morgan fingerprint density at radius 3 is 2.47 bits per heavy atom. The molecule has 0 aliphatic heterocycles. The van der Waals surface area contributed by atoms with Crippen LogP contribution >= 0.6 is 27.5 Å². The Bertz CT molecular complexity index is 372. The molecule has 0 bridgehead atoms. The van der Waals surface area contributed by atoms with Gasteiger partial charge in [0.25, 0.3) is 0 Å². The quantitative estimate of drug-likeness (QED) is 0.816. The second-order valence-corrected chi connectivity index (χ2v) is 4.54. The molecule has 0 saturated carbocycles. The molecule has 17 heavy (non-hydrogen) atoms. The van der Waals surface area contributed by atoms with Gasteiger partial charge in [0.15, 0.2) is 12.0 Å². The summed E-state index contributed by atoms with van der Waals surface area (Å²) in [6.07, 6.45) is -0.322. The summed E-state index contributed by atoms with van der Waals surface area (Å²) in [5.74, 6) is 0.695. The van der Waals surface area contributed by atoms with Gasteiger partial charge in [0, 0.05) is 19.2 Å². The zero-order valence-corrected chi connectivity index (χ0v) is 12.3. The molecule has 0 fully saturated rings. The Labute approximate surface area is 114 Å². The number of methoxy groups -OCH3 is 3. The van der Waals surface area contributed by atoms with Gasteiger partial charge in [-0.15, -0.1) is 0 Å². The fourth-order valence-corrected chi connectivity index (χ4v) is 2.33. The molecule has 0 aliphatic rings. The van der Waals surface area contributed by atoms with Crippen LogP contribution in [0.15, 0.2) is 16.6 Å². The number of hydrogen-bond acceptors (Lipinski definition) is 4. The lowest BCUT2D eigenvalue weighted by molar-refractivity contribution is -0.0914. The fourth-order valence-electron chi connectivity index (χ4n) is 1.36. The van der Waals surface area contributed by atoms with Crippen LogP contribution in [-0.4, -0.2) is 34.2 Å². The Morgan fingerprint density at radius 1 is 1.29 bits per heavy atom. The van der Waals surface area contributed by atoms with E-state index < -0.39 is 0 Å². The highest BCUT2D eigenvalue weighted by atomic mass is 79.9. The molecule has 0 amide bonds. The van der Waals surface area contributed by atoms with E-state index in [1.165, 1.54) is 0 Å². The van der Waals surface area contributed by atoms with Crippen LogP contribution in [0, 0.1) is 0 Å². The molecule has 1 N–H and O–H groups in total. The molecule has 6 heteroatoms. The Hall–Kier alpha value is -0.490. The number of ether oxygens (including phenoxy) is 3. The van der Waals surface area contributed by atoms with Gasteiger partial charge in [-0.2, -0.15) is 0 Å². The minimum absolute atomic E-state index is 0.322. The van der Waals surface area contributed by atoms with Gasteiger partial charge in [-0.1, -0.05) is 11.6 Å². The third-order valence-electron chi connectivity index (χ3n) is 2.20. The van der Waals surface area contributed by atoms with Crippen LogP contribution in [0.1, 0.15) is 0 Å². The van der Waals surface area contributed by atoms with Crippen molar-refractivity contribution in [3.05, 3.63) is 21.6 Å². The van der Waals surface area contributed by atoms with Crippen LogP contribution in [-0.2, 0) is 9.47 Å². The van der Waals surface area contributed by atoms with Crippen LogP contribution in [0.4, 0.5) is 5.69 Å². The number of rotatable bonds is 6. The molecule has 0 unspecified atom stereocenters. The molecule has 0 aliphatic carbocycles. The summed E-state index contributed by atoms with van der Waals surface area (Å²) in [6.45, 7) is 0.496. The van der Waals surface area contributed by atoms with Crippen LogP contribution < -0.4 is 10.1 Å². The molecule has 0 radical (unpaired) electrons. The second kappa shape index (κ2) is 7.06. The summed E-state index contributed by atoms with van der Waals surface area (Å²) >= 11 is 9.36. The van der Waals surface area contributed by atoms with E-state index in [-0.39, 0.29) is 6.29 Å². The maximum Gasteiger partial charge on any atom is 0.173 e. The lowest BCUT2D eigenvalue weighted by Crippen LogP contribution is -2.23. The van der Waals surface area contributed by atoms with Crippen LogP contribution in [0.2, 0.25) is 5.02 Å². The normalized spacial score (nSPS) is 10.7. The molecule has 0 saturated heterocycles. The van der Waals surface area contributed by atoms with Crippen molar-refractivity contribution < 1.29 is 14.2 Å². The lowest BCUT2D eigenvalue weighted by atomic mass is 10.3. The molecule has 1 rings (SSSR count). The molecule has 96 valence electrons. The average molecular weight is 325 g/mol.